The Morgan fingerprint density at radius 1 is 1.39 bits per heavy atom. The zero-order chi connectivity index (χ0) is 13.0. The lowest BCUT2D eigenvalue weighted by Crippen LogP contribution is -2.47. The number of carbonyl (C=O) groups excluding carboxylic acids is 1. The fourth-order valence-corrected chi connectivity index (χ4v) is 3.20. The Hall–Kier alpha value is -1.20. The molecule has 0 saturated carbocycles. The van der Waals surface area contributed by atoms with E-state index in [2.05, 4.69) is 0 Å². The van der Waals surface area contributed by atoms with E-state index in [1.54, 1.807) is 16.7 Å². The minimum absolute atomic E-state index is 0.0308. The molecule has 98 valence electrons. The lowest BCUT2D eigenvalue weighted by atomic mass is 10.1. The third-order valence-electron chi connectivity index (χ3n) is 2.93. The normalized spacial score (nSPS) is 23.8. The third-order valence-corrected chi connectivity index (χ3v) is 4.23. The number of carbonyl (C=O) groups is 1. The Labute approximate surface area is 111 Å². The molecule has 2 atom stereocenters. The number of hydrogen-bond acceptors (Lipinski definition) is 4. The van der Waals surface area contributed by atoms with Crippen molar-refractivity contribution < 1.29 is 14.6 Å². The maximum atomic E-state index is 11.7. The first-order valence-electron chi connectivity index (χ1n) is 5.95. The van der Waals surface area contributed by atoms with Gasteiger partial charge in [0.25, 0.3) is 0 Å². The van der Waals surface area contributed by atoms with Crippen LogP contribution in [0.2, 0.25) is 0 Å². The number of hydrogen-bond donors (Lipinski definition) is 1. The fraction of sp³-hybridized carbons (Fsp3) is 0.462. The Bertz CT molecular complexity index is 398. The highest BCUT2D eigenvalue weighted by Crippen LogP contribution is 2.32. The van der Waals surface area contributed by atoms with Crippen molar-refractivity contribution in [1.29, 1.82) is 0 Å². The highest BCUT2D eigenvalue weighted by molar-refractivity contribution is 7.99. The summed E-state index contributed by atoms with van der Waals surface area (Å²) in [6, 6.07) is 9.95. The molecule has 0 aliphatic carbocycles. The molecule has 2 rings (SSSR count). The minimum atomic E-state index is -0.447. The van der Waals surface area contributed by atoms with Gasteiger partial charge in [0.2, 0.25) is 0 Å². The van der Waals surface area contributed by atoms with Gasteiger partial charge in [0.1, 0.15) is 0 Å². The Balaban J connectivity index is 2.07. The lowest BCUT2D eigenvalue weighted by Gasteiger charge is -2.36. The van der Waals surface area contributed by atoms with Gasteiger partial charge in [-0.2, -0.15) is 0 Å². The number of ether oxygens (including phenoxy) is 1. The lowest BCUT2D eigenvalue weighted by molar-refractivity contribution is 0.0505. The molecular formula is C13H17NO3S. The molecule has 1 aromatic rings. The van der Waals surface area contributed by atoms with Crippen LogP contribution in [-0.2, 0) is 4.74 Å². The second-order valence-corrected chi connectivity index (χ2v) is 5.49. The van der Waals surface area contributed by atoms with Crippen molar-refractivity contribution in [2.24, 2.45) is 0 Å². The number of nitrogens with zero attached hydrogens (tertiary/aromatic N) is 1. The second kappa shape index (κ2) is 6.11. The van der Waals surface area contributed by atoms with Crippen LogP contribution >= 0.6 is 11.8 Å². The van der Waals surface area contributed by atoms with Crippen molar-refractivity contribution in [2.45, 2.75) is 29.2 Å². The first kappa shape index (κ1) is 13.2. The monoisotopic (exact) mass is 267 g/mol. The number of likely N-dealkylation sites (tertiary alicyclic amines) is 1. The van der Waals surface area contributed by atoms with E-state index in [4.69, 9.17) is 4.74 Å². The number of aliphatic hydroxyl groups excluding tert-OH is 1. The summed E-state index contributed by atoms with van der Waals surface area (Å²) < 4.78 is 4.77. The summed E-state index contributed by atoms with van der Waals surface area (Å²) in [5.74, 6) is 0. The standard InChI is InChI=1S/C13H17NO3S/c1-17-13(16)14-9-10(15)7-8-12(14)18-11-5-3-2-4-6-11/h2-6,10,12,15H,7-9H2,1H3. The first-order chi connectivity index (χ1) is 8.70. The van der Waals surface area contributed by atoms with Gasteiger partial charge in [-0.1, -0.05) is 18.2 Å². The predicted octanol–water partition coefficient (Wildman–Crippen LogP) is 2.33. The molecule has 1 heterocycles. The van der Waals surface area contributed by atoms with Crippen LogP contribution in [0.1, 0.15) is 12.8 Å². The van der Waals surface area contributed by atoms with Gasteiger partial charge >= 0.3 is 6.09 Å². The van der Waals surface area contributed by atoms with Gasteiger partial charge in [0, 0.05) is 4.90 Å². The summed E-state index contributed by atoms with van der Waals surface area (Å²) in [5, 5.41) is 9.68. The SMILES string of the molecule is COC(=O)N1CC(O)CCC1Sc1ccccc1. The molecule has 1 aliphatic rings. The molecule has 18 heavy (non-hydrogen) atoms. The molecule has 0 radical (unpaired) electrons. The maximum Gasteiger partial charge on any atom is 0.410 e. The van der Waals surface area contributed by atoms with E-state index in [-0.39, 0.29) is 11.5 Å². The van der Waals surface area contributed by atoms with E-state index in [1.165, 1.54) is 7.11 Å². The van der Waals surface area contributed by atoms with Crippen LogP contribution in [0.15, 0.2) is 35.2 Å². The zero-order valence-corrected chi connectivity index (χ0v) is 11.1. The number of aliphatic hydroxyl groups is 1. The molecule has 0 bridgehead atoms. The summed E-state index contributed by atoms with van der Waals surface area (Å²) >= 11 is 1.63. The molecule has 1 N–H and O–H groups in total. The van der Waals surface area contributed by atoms with Gasteiger partial charge in [-0.3, -0.25) is 4.90 Å². The quantitative estimate of drug-likeness (QED) is 0.893. The van der Waals surface area contributed by atoms with Gasteiger partial charge in [0.15, 0.2) is 0 Å². The zero-order valence-electron chi connectivity index (χ0n) is 10.3. The van der Waals surface area contributed by atoms with Gasteiger partial charge in [-0.15, -0.1) is 11.8 Å². The predicted molar refractivity (Wildman–Crippen MR) is 70.4 cm³/mol. The van der Waals surface area contributed by atoms with Crippen LogP contribution in [0.3, 0.4) is 0 Å². The smallest absolute Gasteiger partial charge is 0.410 e. The van der Waals surface area contributed by atoms with Gasteiger partial charge in [0.05, 0.1) is 25.1 Å². The average Bonchev–Trinajstić information content (AvgIpc) is 2.41. The molecule has 2 unspecified atom stereocenters. The van der Waals surface area contributed by atoms with E-state index in [0.717, 1.165) is 17.7 Å². The van der Waals surface area contributed by atoms with Crippen LogP contribution in [0.25, 0.3) is 0 Å². The Morgan fingerprint density at radius 3 is 2.78 bits per heavy atom. The number of benzene rings is 1. The molecule has 5 heteroatoms. The topological polar surface area (TPSA) is 49.8 Å². The second-order valence-electron chi connectivity index (χ2n) is 4.24. The first-order valence-corrected chi connectivity index (χ1v) is 6.83. The van der Waals surface area contributed by atoms with E-state index in [9.17, 15) is 9.90 Å². The summed E-state index contributed by atoms with van der Waals surface area (Å²) in [5.41, 5.74) is 0. The van der Waals surface area contributed by atoms with Gasteiger partial charge in [-0.05, 0) is 25.0 Å². The summed E-state index contributed by atoms with van der Waals surface area (Å²) in [4.78, 5) is 14.4. The van der Waals surface area contributed by atoms with Crippen LogP contribution in [-0.4, -0.2) is 41.2 Å². The molecular weight excluding hydrogens is 250 g/mol. The molecule has 1 fully saturated rings. The van der Waals surface area contributed by atoms with Crippen LogP contribution in [0, 0.1) is 0 Å². The van der Waals surface area contributed by atoms with Crippen LogP contribution in [0.4, 0.5) is 4.79 Å². The molecule has 1 amide bonds. The number of β-amino-alcohol motifs (C(OH)–C–C–N with tert-alkyl or cyclic N) is 1. The van der Waals surface area contributed by atoms with Crippen molar-refractivity contribution in [1.82, 2.24) is 4.90 Å². The Kier molecular flexibility index (Phi) is 4.49. The summed E-state index contributed by atoms with van der Waals surface area (Å²) in [7, 11) is 1.37. The van der Waals surface area contributed by atoms with E-state index < -0.39 is 6.10 Å². The largest absolute Gasteiger partial charge is 0.453 e. The van der Waals surface area contributed by atoms with E-state index in [1.807, 2.05) is 30.3 Å². The fourth-order valence-electron chi connectivity index (χ4n) is 2.01. The highest BCUT2D eigenvalue weighted by Gasteiger charge is 2.32. The highest BCUT2D eigenvalue weighted by atomic mass is 32.2. The van der Waals surface area contributed by atoms with Crippen molar-refractivity contribution in [3.63, 3.8) is 0 Å². The van der Waals surface area contributed by atoms with Crippen LogP contribution in [0.5, 0.6) is 0 Å². The van der Waals surface area contributed by atoms with Gasteiger partial charge in [-0.25, -0.2) is 4.79 Å². The number of piperidine rings is 1. The summed E-state index contributed by atoms with van der Waals surface area (Å²) in [6.45, 7) is 0.344. The molecule has 1 saturated heterocycles. The minimum Gasteiger partial charge on any atom is -0.453 e. The molecule has 4 nitrogen and oxygen atoms in total. The van der Waals surface area contributed by atoms with Crippen molar-refractivity contribution in [2.75, 3.05) is 13.7 Å². The van der Waals surface area contributed by atoms with E-state index in [0.29, 0.717) is 6.54 Å². The summed E-state index contributed by atoms with van der Waals surface area (Å²) in [6.07, 6.45) is 0.673. The number of thioether (sulfide) groups is 1. The average molecular weight is 267 g/mol. The maximum absolute atomic E-state index is 11.7. The van der Waals surface area contributed by atoms with E-state index >= 15 is 0 Å². The van der Waals surface area contributed by atoms with Crippen LogP contribution < -0.4 is 0 Å². The van der Waals surface area contributed by atoms with Gasteiger partial charge < -0.3 is 9.84 Å². The van der Waals surface area contributed by atoms with Crippen molar-refractivity contribution in [3.05, 3.63) is 30.3 Å². The number of amides is 1. The molecule has 1 aromatic carbocycles. The van der Waals surface area contributed by atoms with Crippen molar-refractivity contribution >= 4 is 17.9 Å². The van der Waals surface area contributed by atoms with Crippen molar-refractivity contribution in [3.8, 4) is 0 Å². The molecule has 0 spiro atoms. The Morgan fingerprint density at radius 2 is 2.11 bits per heavy atom. The molecule has 1 aliphatic heterocycles. The number of methoxy groups -OCH3 is 1. The third kappa shape index (κ3) is 3.17. The molecule has 0 aromatic heterocycles. The number of rotatable bonds is 2.